The molecule has 0 fully saturated rings. The highest BCUT2D eigenvalue weighted by molar-refractivity contribution is 5.92. The standard InChI is InChI=1S/C18H20N6O2/c1-25-15-9-8-13(10-16(15)26-2)22-18(19)20-11-17-23-21-12-24(17)14-6-4-3-5-7-14/h3-10,12H,11H2,1-2H3,(H3,19,20,22). The molecule has 0 aliphatic heterocycles. The summed E-state index contributed by atoms with van der Waals surface area (Å²) in [5.74, 6) is 2.20. The SMILES string of the molecule is COc1ccc(NC(N)=NCc2nncn2-c2ccccc2)cc1OC. The molecule has 0 atom stereocenters. The van der Waals surface area contributed by atoms with Gasteiger partial charge in [0.05, 0.1) is 14.2 Å². The molecule has 0 aliphatic rings. The molecule has 1 aromatic heterocycles. The number of nitrogens with zero attached hydrogens (tertiary/aromatic N) is 4. The van der Waals surface area contributed by atoms with Crippen molar-refractivity contribution in [1.29, 1.82) is 0 Å². The molecular formula is C18H20N6O2. The van der Waals surface area contributed by atoms with Crippen LogP contribution >= 0.6 is 0 Å². The maximum atomic E-state index is 5.98. The zero-order valence-electron chi connectivity index (χ0n) is 14.6. The number of nitrogens with one attached hydrogen (secondary N) is 1. The molecule has 3 N–H and O–H groups in total. The smallest absolute Gasteiger partial charge is 0.193 e. The van der Waals surface area contributed by atoms with Gasteiger partial charge in [-0.05, 0) is 24.3 Å². The average molecular weight is 352 g/mol. The molecule has 0 aliphatic carbocycles. The largest absolute Gasteiger partial charge is 0.493 e. The third-order valence-corrected chi connectivity index (χ3v) is 3.70. The fourth-order valence-corrected chi connectivity index (χ4v) is 2.43. The van der Waals surface area contributed by atoms with Crippen LogP contribution in [0.2, 0.25) is 0 Å². The van der Waals surface area contributed by atoms with Gasteiger partial charge in [0.1, 0.15) is 12.9 Å². The monoisotopic (exact) mass is 352 g/mol. The molecule has 0 amide bonds. The van der Waals surface area contributed by atoms with Crippen molar-refractivity contribution in [2.24, 2.45) is 10.7 Å². The summed E-state index contributed by atoms with van der Waals surface area (Å²) in [6, 6.07) is 15.2. The molecule has 0 saturated carbocycles. The van der Waals surface area contributed by atoms with Gasteiger partial charge in [-0.15, -0.1) is 10.2 Å². The van der Waals surface area contributed by atoms with E-state index in [1.807, 2.05) is 41.0 Å². The van der Waals surface area contributed by atoms with E-state index in [0.29, 0.717) is 23.9 Å². The van der Waals surface area contributed by atoms with E-state index in [0.717, 1.165) is 11.4 Å². The number of anilines is 1. The number of rotatable bonds is 6. The molecule has 0 spiro atoms. The van der Waals surface area contributed by atoms with Crippen LogP contribution in [0.15, 0.2) is 59.9 Å². The van der Waals surface area contributed by atoms with Crippen LogP contribution in [0, 0.1) is 0 Å². The number of hydrogen-bond donors (Lipinski definition) is 2. The van der Waals surface area contributed by atoms with Gasteiger partial charge in [-0.2, -0.15) is 0 Å². The molecule has 0 bridgehead atoms. The number of aliphatic imine (C=N–C) groups is 1. The van der Waals surface area contributed by atoms with E-state index in [2.05, 4.69) is 20.5 Å². The predicted molar refractivity (Wildman–Crippen MR) is 99.9 cm³/mol. The van der Waals surface area contributed by atoms with E-state index in [1.54, 1.807) is 32.7 Å². The summed E-state index contributed by atoms with van der Waals surface area (Å²) in [5, 5.41) is 11.1. The number of ether oxygens (including phenoxy) is 2. The first-order chi connectivity index (χ1) is 12.7. The Morgan fingerprint density at radius 2 is 1.88 bits per heavy atom. The molecule has 8 heteroatoms. The highest BCUT2D eigenvalue weighted by Gasteiger charge is 2.07. The third kappa shape index (κ3) is 3.92. The Balaban J connectivity index is 1.71. The van der Waals surface area contributed by atoms with Crippen molar-refractivity contribution in [3.05, 3.63) is 60.7 Å². The molecule has 1 heterocycles. The van der Waals surface area contributed by atoms with Crippen molar-refractivity contribution in [3.8, 4) is 17.2 Å². The van der Waals surface area contributed by atoms with Crippen LogP contribution in [0.5, 0.6) is 11.5 Å². The normalized spacial score (nSPS) is 11.2. The van der Waals surface area contributed by atoms with Gasteiger partial charge in [-0.3, -0.25) is 4.57 Å². The number of nitrogens with two attached hydrogens (primary N) is 1. The first-order valence-electron chi connectivity index (χ1n) is 7.94. The minimum Gasteiger partial charge on any atom is -0.493 e. The highest BCUT2D eigenvalue weighted by atomic mass is 16.5. The fraction of sp³-hybridized carbons (Fsp3) is 0.167. The molecule has 2 aromatic carbocycles. The highest BCUT2D eigenvalue weighted by Crippen LogP contribution is 2.29. The van der Waals surface area contributed by atoms with E-state index >= 15 is 0 Å². The second kappa shape index (κ2) is 8.02. The Labute approximate surface area is 151 Å². The van der Waals surface area contributed by atoms with Gasteiger partial charge < -0.3 is 20.5 Å². The first-order valence-corrected chi connectivity index (χ1v) is 7.94. The fourth-order valence-electron chi connectivity index (χ4n) is 2.43. The molecule has 26 heavy (non-hydrogen) atoms. The van der Waals surface area contributed by atoms with Gasteiger partial charge in [0.25, 0.3) is 0 Å². The van der Waals surface area contributed by atoms with E-state index < -0.39 is 0 Å². The number of benzene rings is 2. The molecule has 3 aromatic rings. The van der Waals surface area contributed by atoms with Crippen LogP contribution in [0.1, 0.15) is 5.82 Å². The minimum absolute atomic E-state index is 0.264. The first kappa shape index (κ1) is 17.3. The van der Waals surface area contributed by atoms with E-state index in [-0.39, 0.29) is 5.96 Å². The van der Waals surface area contributed by atoms with Crippen LogP contribution < -0.4 is 20.5 Å². The van der Waals surface area contributed by atoms with Crippen molar-refractivity contribution in [2.45, 2.75) is 6.54 Å². The number of hydrogen-bond acceptors (Lipinski definition) is 5. The summed E-state index contributed by atoms with van der Waals surface area (Å²) in [4.78, 5) is 4.33. The van der Waals surface area contributed by atoms with Gasteiger partial charge in [0, 0.05) is 17.4 Å². The van der Waals surface area contributed by atoms with Crippen molar-refractivity contribution in [1.82, 2.24) is 14.8 Å². The lowest BCUT2D eigenvalue weighted by Crippen LogP contribution is -2.22. The van der Waals surface area contributed by atoms with Gasteiger partial charge in [-0.25, -0.2) is 4.99 Å². The van der Waals surface area contributed by atoms with Crippen molar-refractivity contribution in [3.63, 3.8) is 0 Å². The van der Waals surface area contributed by atoms with E-state index in [9.17, 15) is 0 Å². The summed E-state index contributed by atoms with van der Waals surface area (Å²) in [6.07, 6.45) is 1.65. The van der Waals surface area contributed by atoms with Crippen LogP contribution in [0.3, 0.4) is 0 Å². The molecular weight excluding hydrogens is 332 g/mol. The molecule has 0 saturated heterocycles. The van der Waals surface area contributed by atoms with Crippen LogP contribution in [0.4, 0.5) is 5.69 Å². The Morgan fingerprint density at radius 3 is 2.62 bits per heavy atom. The number of methoxy groups -OCH3 is 2. The second-order valence-electron chi connectivity index (χ2n) is 5.35. The van der Waals surface area contributed by atoms with Gasteiger partial charge in [0.2, 0.25) is 0 Å². The van der Waals surface area contributed by atoms with Crippen molar-refractivity contribution >= 4 is 11.6 Å². The molecule has 0 radical (unpaired) electrons. The van der Waals surface area contributed by atoms with Crippen LogP contribution in [-0.4, -0.2) is 34.9 Å². The summed E-state index contributed by atoms with van der Waals surface area (Å²) in [7, 11) is 3.17. The van der Waals surface area contributed by atoms with Crippen LogP contribution in [0.25, 0.3) is 5.69 Å². The molecule has 0 unspecified atom stereocenters. The van der Waals surface area contributed by atoms with Crippen molar-refractivity contribution in [2.75, 3.05) is 19.5 Å². The topological polar surface area (TPSA) is 99.6 Å². The quantitative estimate of drug-likeness (QED) is 0.521. The zero-order chi connectivity index (χ0) is 18.4. The predicted octanol–water partition coefficient (Wildman–Crippen LogP) is 2.21. The summed E-state index contributed by atoms with van der Waals surface area (Å²) >= 11 is 0. The molecule has 3 rings (SSSR count). The van der Waals surface area contributed by atoms with Crippen molar-refractivity contribution < 1.29 is 9.47 Å². The van der Waals surface area contributed by atoms with Gasteiger partial charge in [-0.1, -0.05) is 18.2 Å². The third-order valence-electron chi connectivity index (χ3n) is 3.70. The second-order valence-corrected chi connectivity index (χ2v) is 5.35. The minimum atomic E-state index is 0.264. The number of guanidine groups is 1. The van der Waals surface area contributed by atoms with Crippen LogP contribution in [-0.2, 0) is 6.54 Å². The molecule has 134 valence electrons. The number of aromatic nitrogens is 3. The maximum absolute atomic E-state index is 5.98. The Hall–Kier alpha value is -3.55. The lowest BCUT2D eigenvalue weighted by atomic mass is 10.3. The molecule has 8 nitrogen and oxygen atoms in total. The van der Waals surface area contributed by atoms with E-state index in [4.69, 9.17) is 15.2 Å². The van der Waals surface area contributed by atoms with Gasteiger partial charge >= 0.3 is 0 Å². The Bertz CT molecular complexity index is 892. The lowest BCUT2D eigenvalue weighted by molar-refractivity contribution is 0.355. The number of para-hydroxylation sites is 1. The zero-order valence-corrected chi connectivity index (χ0v) is 14.6. The Kier molecular flexibility index (Phi) is 5.33. The maximum Gasteiger partial charge on any atom is 0.193 e. The van der Waals surface area contributed by atoms with Gasteiger partial charge in [0.15, 0.2) is 23.3 Å². The van der Waals surface area contributed by atoms with E-state index in [1.165, 1.54) is 0 Å². The summed E-state index contributed by atoms with van der Waals surface area (Å²) in [5.41, 5.74) is 7.69. The Morgan fingerprint density at radius 1 is 1.12 bits per heavy atom. The lowest BCUT2D eigenvalue weighted by Gasteiger charge is -2.11. The average Bonchev–Trinajstić information content (AvgIpc) is 3.15. The summed E-state index contributed by atoms with van der Waals surface area (Å²) < 4.78 is 12.4. The summed E-state index contributed by atoms with van der Waals surface area (Å²) in [6.45, 7) is 0.293.